The number of nitrogens with two attached hydrogens (primary N) is 1. The molecule has 0 rings (SSSR count). The van der Waals surface area contributed by atoms with Crippen LogP contribution in [0.1, 0.15) is 0 Å². The van der Waals surface area contributed by atoms with Crippen LogP contribution in [-0.4, -0.2) is 99.7 Å². The molecule has 0 aromatic carbocycles. The number of hydrogen-bond donors (Lipinski definition) is 2. The molecule has 0 saturated heterocycles. The fourth-order valence-electron chi connectivity index (χ4n) is 0.149. The van der Waals surface area contributed by atoms with Crippen LogP contribution in [0.25, 0.3) is 0 Å². The predicted octanol–water partition coefficient (Wildman–Crippen LogP) is -2.73. The Balaban J connectivity index is -0.000000180. The van der Waals surface area contributed by atoms with Crippen molar-refractivity contribution in [3.63, 3.8) is 0 Å². The van der Waals surface area contributed by atoms with Crippen molar-refractivity contribution < 1.29 is 13.0 Å². The zero-order valence-corrected chi connectivity index (χ0v) is 4.48. The fraction of sp³-hybridized carbons (Fsp3) is 1.00. The minimum absolute atomic E-state index is 0. The summed E-state index contributed by atoms with van der Waals surface area (Å²) in [6.07, 6.45) is 0. The third-order valence-corrected chi connectivity index (χ3v) is 1.13. The Morgan fingerprint density at radius 3 is 1.78 bits per heavy atom. The first-order valence-electron chi connectivity index (χ1n) is 1.71. The maximum atomic E-state index is 9.71. The Hall–Kier alpha value is 2.27. The van der Waals surface area contributed by atoms with Crippen molar-refractivity contribution in [2.45, 2.75) is 0 Å². The molecule has 50 valence electrons. The molecule has 0 aliphatic heterocycles. The maximum absolute atomic E-state index is 9.71. The van der Waals surface area contributed by atoms with Gasteiger partial charge in [0.1, 0.15) is 0 Å². The van der Waals surface area contributed by atoms with Gasteiger partial charge in [-0.2, -0.15) is 8.42 Å². The van der Waals surface area contributed by atoms with Crippen LogP contribution in [0.2, 0.25) is 0 Å². The summed E-state index contributed by atoms with van der Waals surface area (Å²) in [5.74, 6) is -0.354. The summed E-state index contributed by atoms with van der Waals surface area (Å²) in [5, 5.41) is 0. The quantitative estimate of drug-likeness (QED) is 0.367. The second-order valence-electron chi connectivity index (χ2n) is 1.07. The van der Waals surface area contributed by atoms with Crippen LogP contribution in [0.4, 0.5) is 0 Å². The van der Waals surface area contributed by atoms with E-state index >= 15 is 0 Å². The van der Waals surface area contributed by atoms with Crippen molar-refractivity contribution in [2.24, 2.45) is 5.73 Å². The summed E-state index contributed by atoms with van der Waals surface area (Å²) >= 11 is 0. The third-order valence-electron chi connectivity index (χ3n) is 0.376. The van der Waals surface area contributed by atoms with E-state index in [0.717, 1.165) is 0 Å². The van der Waals surface area contributed by atoms with Gasteiger partial charge in [-0.25, -0.2) is 0 Å². The maximum Gasteiger partial charge on any atom is 0.316 e. The Morgan fingerprint density at radius 1 is 1.44 bits per heavy atom. The molecule has 0 heterocycles. The number of rotatable bonds is 2. The van der Waals surface area contributed by atoms with Gasteiger partial charge >= 0.3 is 74.4 Å². The van der Waals surface area contributed by atoms with Gasteiger partial charge in [-0.1, -0.05) is 0 Å². The zero-order chi connectivity index (χ0) is 5.91. The van der Waals surface area contributed by atoms with Crippen LogP contribution < -0.4 is 5.73 Å². The number of hydrogen-bond acceptors (Lipinski definition) is 3. The first kappa shape index (κ1) is 17.4. The molecule has 0 fully saturated rings. The molecule has 4 nitrogen and oxygen atoms in total. The van der Waals surface area contributed by atoms with Gasteiger partial charge in [0.2, 0.25) is 0 Å². The molecule has 0 atom stereocenters. The summed E-state index contributed by atoms with van der Waals surface area (Å²) in [4.78, 5) is 0. The SMILES string of the molecule is NCCS(=O)(=O)O.[KH].[MgH2]. The minimum atomic E-state index is -3.80. The van der Waals surface area contributed by atoms with E-state index in [1.807, 2.05) is 0 Å². The molecule has 3 N–H and O–H groups in total. The van der Waals surface area contributed by atoms with Crippen LogP contribution in [0.3, 0.4) is 0 Å². The standard InChI is InChI=1S/C2H7NO3S.K.Mg.3H/c3-1-2-7(4,5)6;;;;;/h1-3H2,(H,4,5,6);;;;;. The Kier molecular flexibility index (Phi) is 16.2. The molecule has 0 unspecified atom stereocenters. The topological polar surface area (TPSA) is 80.4 Å². The van der Waals surface area contributed by atoms with E-state index in [1.54, 1.807) is 0 Å². The Labute approximate surface area is 113 Å². The molecule has 0 saturated carbocycles. The van der Waals surface area contributed by atoms with Gasteiger partial charge < -0.3 is 5.73 Å². The van der Waals surface area contributed by atoms with E-state index in [2.05, 4.69) is 0 Å². The average molecular weight is 192 g/mol. The minimum Gasteiger partial charge on any atom is 0.316 e. The van der Waals surface area contributed by atoms with E-state index in [4.69, 9.17) is 10.3 Å². The van der Waals surface area contributed by atoms with Crippen LogP contribution >= 0.6 is 0 Å². The van der Waals surface area contributed by atoms with Crippen molar-refractivity contribution in [2.75, 3.05) is 12.3 Å². The molecule has 0 aromatic rings. The van der Waals surface area contributed by atoms with E-state index in [-0.39, 0.29) is 86.7 Å². The zero-order valence-electron chi connectivity index (χ0n) is 3.66. The van der Waals surface area contributed by atoms with Crippen LogP contribution in [0, 0.1) is 0 Å². The molecule has 0 amide bonds. The summed E-state index contributed by atoms with van der Waals surface area (Å²) in [5.41, 5.74) is 4.78. The van der Waals surface area contributed by atoms with Crippen molar-refractivity contribution in [1.29, 1.82) is 0 Å². The van der Waals surface area contributed by atoms with Crippen molar-refractivity contribution in [3.05, 3.63) is 0 Å². The van der Waals surface area contributed by atoms with Gasteiger partial charge in [0.05, 0.1) is 5.75 Å². The van der Waals surface area contributed by atoms with Gasteiger partial charge in [0, 0.05) is 6.54 Å². The monoisotopic (exact) mass is 191 g/mol. The first-order chi connectivity index (χ1) is 3.06. The van der Waals surface area contributed by atoms with Gasteiger partial charge in [0.25, 0.3) is 10.1 Å². The molecule has 0 radical (unpaired) electrons. The van der Waals surface area contributed by atoms with Crippen LogP contribution in [0.5, 0.6) is 0 Å². The summed E-state index contributed by atoms with van der Waals surface area (Å²) in [6.45, 7) is -0.0289. The molecule has 0 bridgehead atoms. The first-order valence-corrected chi connectivity index (χ1v) is 3.32. The van der Waals surface area contributed by atoms with Crippen molar-refractivity contribution >= 4 is 84.6 Å². The van der Waals surface area contributed by atoms with Crippen LogP contribution in [0.15, 0.2) is 0 Å². The van der Waals surface area contributed by atoms with E-state index in [0.29, 0.717) is 0 Å². The predicted molar refractivity (Wildman–Crippen MR) is 41.2 cm³/mol. The molecule has 9 heavy (non-hydrogen) atoms. The van der Waals surface area contributed by atoms with Gasteiger partial charge in [-0.05, 0) is 0 Å². The third kappa shape index (κ3) is 17.9. The normalized spacial score (nSPS) is 9.11. The summed E-state index contributed by atoms with van der Waals surface area (Å²) in [6, 6.07) is 0. The smallest absolute Gasteiger partial charge is 0.316 e. The van der Waals surface area contributed by atoms with Crippen molar-refractivity contribution in [3.8, 4) is 0 Å². The molecule has 0 aliphatic rings. The average Bonchev–Trinajstić information content (AvgIpc) is 1.30. The molecule has 0 spiro atoms. The molecular weight excluding hydrogens is 181 g/mol. The molecule has 7 heteroatoms. The summed E-state index contributed by atoms with van der Waals surface area (Å²) in [7, 11) is -3.80. The van der Waals surface area contributed by atoms with Crippen LogP contribution in [-0.2, 0) is 10.1 Å². The van der Waals surface area contributed by atoms with Gasteiger partial charge in [-0.3, -0.25) is 4.55 Å². The largest absolute Gasteiger partial charge is 0.316 e. The molecular formula is C2H10KMgNO3S. The van der Waals surface area contributed by atoms with Gasteiger partial charge in [-0.15, -0.1) is 0 Å². The Bertz CT molecular complexity index is 135. The van der Waals surface area contributed by atoms with E-state index in [9.17, 15) is 8.42 Å². The van der Waals surface area contributed by atoms with Crippen molar-refractivity contribution in [1.82, 2.24) is 0 Å². The second-order valence-corrected chi connectivity index (χ2v) is 2.65. The van der Waals surface area contributed by atoms with E-state index < -0.39 is 10.1 Å². The Morgan fingerprint density at radius 2 is 1.78 bits per heavy atom. The molecule has 0 aliphatic carbocycles. The second kappa shape index (κ2) is 8.37. The molecule has 0 aromatic heterocycles. The van der Waals surface area contributed by atoms with Gasteiger partial charge in [0.15, 0.2) is 0 Å². The van der Waals surface area contributed by atoms with E-state index in [1.165, 1.54) is 0 Å². The summed E-state index contributed by atoms with van der Waals surface area (Å²) < 4.78 is 27.3. The fourth-order valence-corrected chi connectivity index (χ4v) is 0.447.